The fourth-order valence-electron chi connectivity index (χ4n) is 2.79. The van der Waals surface area contributed by atoms with Crippen LogP contribution < -0.4 is 10.6 Å². The van der Waals surface area contributed by atoms with Crippen LogP contribution in [-0.2, 0) is 9.53 Å². The van der Waals surface area contributed by atoms with E-state index in [1.807, 2.05) is 12.1 Å². The number of aromatic hydroxyl groups is 1. The highest BCUT2D eigenvalue weighted by molar-refractivity contribution is 6.01. The van der Waals surface area contributed by atoms with Crippen LogP contribution in [0.15, 0.2) is 60.7 Å². The lowest BCUT2D eigenvalue weighted by molar-refractivity contribution is -0.384. The van der Waals surface area contributed by atoms with E-state index in [9.17, 15) is 24.8 Å². The largest absolute Gasteiger partial charge is 0.506 e. The van der Waals surface area contributed by atoms with Crippen molar-refractivity contribution >= 4 is 34.0 Å². The number of carbonyl (C=O) groups excluding carboxylic acids is 2. The van der Waals surface area contributed by atoms with E-state index in [-0.39, 0.29) is 23.5 Å². The number of anilines is 1. The number of nitro groups is 1. The molecule has 3 aromatic rings. The second-order valence-corrected chi connectivity index (χ2v) is 6.34. The predicted molar refractivity (Wildman–Crippen MR) is 110 cm³/mol. The summed E-state index contributed by atoms with van der Waals surface area (Å²) in [5.74, 6) is -1.47. The molecule has 0 aliphatic heterocycles. The Bertz CT molecular complexity index is 1080. The van der Waals surface area contributed by atoms with Gasteiger partial charge in [0, 0.05) is 36.3 Å². The number of rotatable bonds is 8. The van der Waals surface area contributed by atoms with Gasteiger partial charge in [0.25, 0.3) is 11.6 Å². The first kappa shape index (κ1) is 20.6. The molecule has 0 heterocycles. The molecule has 3 rings (SSSR count). The highest BCUT2D eigenvalue weighted by Crippen LogP contribution is 2.28. The van der Waals surface area contributed by atoms with Crippen LogP contribution in [0.1, 0.15) is 10.4 Å². The molecule has 0 saturated carbocycles. The molecule has 1 amide bonds. The molecule has 0 unspecified atom stereocenters. The molecule has 0 aliphatic rings. The Kier molecular flexibility index (Phi) is 6.43. The van der Waals surface area contributed by atoms with Crippen molar-refractivity contribution in [3.05, 3.63) is 76.3 Å². The molecule has 0 fully saturated rings. The molecular weight excluding hydrogens is 390 g/mol. The standard InChI is InChI=1S/C21H19N3O6/c25-19(23-12-11-22-15-6-8-16(9-7-15)24(28)29)13-30-21(27)18-10-5-14-3-1-2-4-17(14)20(18)26/h1-10,22,26H,11-13H2,(H,23,25). The number of phenolic OH excluding ortho intramolecular Hbond substituents is 1. The smallest absolute Gasteiger partial charge is 0.342 e. The van der Waals surface area contributed by atoms with Crippen molar-refractivity contribution in [2.45, 2.75) is 0 Å². The maximum atomic E-state index is 12.2. The fourth-order valence-corrected chi connectivity index (χ4v) is 2.79. The number of non-ortho nitro benzene ring substituents is 1. The summed E-state index contributed by atoms with van der Waals surface area (Å²) in [4.78, 5) is 34.2. The van der Waals surface area contributed by atoms with Crippen LogP contribution in [-0.4, -0.2) is 41.6 Å². The predicted octanol–water partition coefficient (Wildman–Crippen LogP) is 2.84. The molecule has 0 saturated heterocycles. The minimum atomic E-state index is -0.794. The van der Waals surface area contributed by atoms with Crippen LogP contribution in [0.25, 0.3) is 10.8 Å². The van der Waals surface area contributed by atoms with Gasteiger partial charge in [0.05, 0.1) is 4.92 Å². The second-order valence-electron chi connectivity index (χ2n) is 6.34. The van der Waals surface area contributed by atoms with Crippen molar-refractivity contribution in [1.29, 1.82) is 0 Å². The number of amides is 1. The van der Waals surface area contributed by atoms with Gasteiger partial charge >= 0.3 is 5.97 Å². The number of esters is 1. The molecule has 3 aromatic carbocycles. The topological polar surface area (TPSA) is 131 Å². The summed E-state index contributed by atoms with van der Waals surface area (Å²) in [6, 6.07) is 16.1. The van der Waals surface area contributed by atoms with Gasteiger partial charge in [-0.1, -0.05) is 30.3 Å². The van der Waals surface area contributed by atoms with Crippen LogP contribution in [0.4, 0.5) is 11.4 Å². The molecule has 3 N–H and O–H groups in total. The third kappa shape index (κ3) is 5.02. The third-order valence-corrected chi connectivity index (χ3v) is 4.31. The van der Waals surface area contributed by atoms with E-state index in [2.05, 4.69) is 10.6 Å². The number of nitro benzene ring substituents is 1. The molecule has 9 heteroatoms. The molecule has 0 bridgehead atoms. The number of ether oxygens (including phenoxy) is 1. The van der Waals surface area contributed by atoms with Crippen LogP contribution in [0, 0.1) is 10.1 Å². The molecule has 0 radical (unpaired) electrons. The van der Waals surface area contributed by atoms with E-state index in [0.29, 0.717) is 17.6 Å². The zero-order valence-electron chi connectivity index (χ0n) is 15.8. The fraction of sp³-hybridized carbons (Fsp3) is 0.143. The van der Waals surface area contributed by atoms with Crippen LogP contribution in [0.3, 0.4) is 0 Å². The van der Waals surface area contributed by atoms with Crippen LogP contribution in [0.2, 0.25) is 0 Å². The lowest BCUT2D eigenvalue weighted by atomic mass is 10.1. The first-order valence-electron chi connectivity index (χ1n) is 9.08. The van der Waals surface area contributed by atoms with Gasteiger partial charge in [0.2, 0.25) is 0 Å². The van der Waals surface area contributed by atoms with E-state index in [0.717, 1.165) is 5.39 Å². The molecule has 30 heavy (non-hydrogen) atoms. The highest BCUT2D eigenvalue weighted by atomic mass is 16.6. The monoisotopic (exact) mass is 409 g/mol. The Morgan fingerprint density at radius 1 is 1.00 bits per heavy atom. The maximum absolute atomic E-state index is 12.2. The number of carbonyl (C=O) groups is 2. The van der Waals surface area contributed by atoms with Crippen molar-refractivity contribution < 1.29 is 24.4 Å². The quantitative estimate of drug-likeness (QED) is 0.226. The van der Waals surface area contributed by atoms with Crippen molar-refractivity contribution in [2.24, 2.45) is 0 Å². The Balaban J connectivity index is 1.43. The van der Waals surface area contributed by atoms with Gasteiger partial charge < -0.3 is 20.5 Å². The average molecular weight is 409 g/mol. The van der Waals surface area contributed by atoms with Gasteiger partial charge in [-0.25, -0.2) is 4.79 Å². The van der Waals surface area contributed by atoms with Crippen molar-refractivity contribution in [3.8, 4) is 5.75 Å². The van der Waals surface area contributed by atoms with E-state index >= 15 is 0 Å². The normalized spacial score (nSPS) is 10.4. The van der Waals surface area contributed by atoms with E-state index in [1.165, 1.54) is 18.2 Å². The average Bonchev–Trinajstić information content (AvgIpc) is 2.76. The van der Waals surface area contributed by atoms with Gasteiger partial charge in [0.1, 0.15) is 11.3 Å². The van der Waals surface area contributed by atoms with Crippen molar-refractivity contribution in [3.63, 3.8) is 0 Å². The third-order valence-electron chi connectivity index (χ3n) is 4.31. The minimum Gasteiger partial charge on any atom is -0.506 e. The van der Waals surface area contributed by atoms with Gasteiger partial charge in [-0.05, 0) is 23.6 Å². The molecule has 0 aliphatic carbocycles. The Hall–Kier alpha value is -4.14. The number of phenols is 1. The van der Waals surface area contributed by atoms with Gasteiger partial charge in [-0.2, -0.15) is 0 Å². The van der Waals surface area contributed by atoms with Gasteiger partial charge in [0.15, 0.2) is 6.61 Å². The SMILES string of the molecule is O=C(COC(=O)c1ccc2ccccc2c1O)NCCNc1ccc([N+](=O)[O-])cc1. The summed E-state index contributed by atoms with van der Waals surface area (Å²) >= 11 is 0. The molecule has 0 aromatic heterocycles. The summed E-state index contributed by atoms with van der Waals surface area (Å²) in [6.07, 6.45) is 0. The molecule has 9 nitrogen and oxygen atoms in total. The highest BCUT2D eigenvalue weighted by Gasteiger charge is 2.16. The first-order chi connectivity index (χ1) is 14.5. The minimum absolute atomic E-state index is 0.00637. The number of nitrogens with zero attached hydrogens (tertiary/aromatic N) is 1. The summed E-state index contributed by atoms with van der Waals surface area (Å²) in [7, 11) is 0. The summed E-state index contributed by atoms with van der Waals surface area (Å²) in [5.41, 5.74) is 0.655. The van der Waals surface area contributed by atoms with E-state index in [1.54, 1.807) is 30.3 Å². The van der Waals surface area contributed by atoms with E-state index < -0.39 is 23.4 Å². The van der Waals surface area contributed by atoms with Crippen molar-refractivity contribution in [1.82, 2.24) is 5.32 Å². The maximum Gasteiger partial charge on any atom is 0.342 e. The number of nitrogens with one attached hydrogen (secondary N) is 2. The van der Waals surface area contributed by atoms with Crippen LogP contribution in [0.5, 0.6) is 5.75 Å². The van der Waals surface area contributed by atoms with Crippen molar-refractivity contribution in [2.75, 3.05) is 25.0 Å². The Labute approximate surface area is 171 Å². The number of benzene rings is 3. The molecule has 0 spiro atoms. The number of hydrogen-bond donors (Lipinski definition) is 3. The summed E-state index contributed by atoms with van der Waals surface area (Å²) in [5, 5.41) is 27.8. The second kappa shape index (κ2) is 9.37. The molecular formula is C21H19N3O6. The lowest BCUT2D eigenvalue weighted by Gasteiger charge is -2.10. The molecule has 154 valence electrons. The Morgan fingerprint density at radius 3 is 2.47 bits per heavy atom. The van der Waals surface area contributed by atoms with Gasteiger partial charge in [-0.15, -0.1) is 0 Å². The summed E-state index contributed by atoms with van der Waals surface area (Å²) in [6.45, 7) is 0.153. The van der Waals surface area contributed by atoms with E-state index in [4.69, 9.17) is 4.74 Å². The zero-order chi connectivity index (χ0) is 21.5. The first-order valence-corrected chi connectivity index (χ1v) is 9.08. The van der Waals surface area contributed by atoms with Crippen LogP contribution >= 0.6 is 0 Å². The summed E-state index contributed by atoms with van der Waals surface area (Å²) < 4.78 is 4.98. The lowest BCUT2D eigenvalue weighted by Crippen LogP contribution is -2.32. The number of hydrogen-bond acceptors (Lipinski definition) is 7. The molecule has 0 atom stereocenters. The number of fused-ring (bicyclic) bond motifs is 1. The zero-order valence-corrected chi connectivity index (χ0v) is 15.8. The van der Waals surface area contributed by atoms with Gasteiger partial charge in [-0.3, -0.25) is 14.9 Å². The Morgan fingerprint density at radius 2 is 1.73 bits per heavy atom.